The van der Waals surface area contributed by atoms with Gasteiger partial charge >= 0.3 is 5.88 Å². The molecule has 6 nitrogen and oxygen atoms in total. The second kappa shape index (κ2) is 6.85. The first-order chi connectivity index (χ1) is 10.7. The van der Waals surface area contributed by atoms with E-state index in [1.807, 2.05) is 37.3 Å². The van der Waals surface area contributed by atoms with Crippen molar-refractivity contribution in [3.63, 3.8) is 0 Å². The van der Waals surface area contributed by atoms with Crippen molar-refractivity contribution in [3.8, 4) is 5.88 Å². The van der Waals surface area contributed by atoms with Gasteiger partial charge in [0.05, 0.1) is 11.8 Å². The lowest BCUT2D eigenvalue weighted by Crippen LogP contribution is -2.44. The first kappa shape index (κ1) is 14.9. The Morgan fingerprint density at radius 2 is 1.91 bits per heavy atom. The lowest BCUT2D eigenvalue weighted by atomic mass is 10.3. The number of anilines is 2. The Bertz CT molecular complexity index is 631. The Hall–Kier alpha value is -1.99. The van der Waals surface area contributed by atoms with Crippen LogP contribution in [0.15, 0.2) is 36.4 Å². The summed E-state index contributed by atoms with van der Waals surface area (Å²) in [5.74, 6) is 2.24. The number of pyridine rings is 2. The summed E-state index contributed by atoms with van der Waals surface area (Å²) in [7, 11) is 0. The number of aromatic amines is 1. The van der Waals surface area contributed by atoms with Crippen LogP contribution in [0.1, 0.15) is 5.69 Å². The van der Waals surface area contributed by atoms with Gasteiger partial charge in [-0.25, -0.2) is 9.29 Å². The number of H-pyrrole nitrogens is 1. The van der Waals surface area contributed by atoms with Crippen molar-refractivity contribution in [2.45, 2.75) is 6.92 Å². The van der Waals surface area contributed by atoms with Gasteiger partial charge in [0.1, 0.15) is 18.0 Å². The van der Waals surface area contributed by atoms with E-state index in [0.717, 1.165) is 43.5 Å². The number of aromatic nitrogens is 2. The number of rotatable bonds is 4. The van der Waals surface area contributed by atoms with Crippen LogP contribution in [0.2, 0.25) is 0 Å². The fourth-order valence-electron chi connectivity index (χ4n) is 2.37. The molecule has 3 rings (SSSR count). The number of piperazine rings is 1. The van der Waals surface area contributed by atoms with Crippen LogP contribution in [-0.4, -0.2) is 40.6 Å². The Labute approximate surface area is 134 Å². The van der Waals surface area contributed by atoms with Crippen molar-refractivity contribution in [2.75, 3.05) is 35.8 Å². The molecule has 0 aromatic carbocycles. The van der Waals surface area contributed by atoms with Crippen LogP contribution in [0.25, 0.3) is 0 Å². The van der Waals surface area contributed by atoms with Crippen molar-refractivity contribution in [1.82, 2.24) is 9.29 Å². The molecule has 0 spiro atoms. The molecule has 7 heteroatoms. The summed E-state index contributed by atoms with van der Waals surface area (Å²) >= 11 is 1.63. The quantitative estimate of drug-likeness (QED) is 0.682. The molecule has 1 aliphatic rings. The second-order valence-electron chi connectivity index (χ2n) is 5.24. The monoisotopic (exact) mass is 319 g/mol. The van der Waals surface area contributed by atoms with E-state index >= 15 is 0 Å². The van der Waals surface area contributed by atoms with E-state index < -0.39 is 0 Å². The molecule has 22 heavy (non-hydrogen) atoms. The predicted octanol–water partition coefficient (Wildman–Crippen LogP) is 1.44. The number of aryl methyl sites for hydroxylation is 1. The van der Waals surface area contributed by atoms with Crippen molar-refractivity contribution < 1.29 is 10.1 Å². The zero-order valence-corrected chi connectivity index (χ0v) is 13.4. The highest BCUT2D eigenvalue weighted by Crippen LogP contribution is 2.20. The van der Waals surface area contributed by atoms with E-state index in [9.17, 15) is 0 Å². The van der Waals surface area contributed by atoms with Gasteiger partial charge in [-0.3, -0.25) is 0 Å². The highest BCUT2D eigenvalue weighted by atomic mass is 32.2. The van der Waals surface area contributed by atoms with Gasteiger partial charge < -0.3 is 10.0 Å². The van der Waals surface area contributed by atoms with Crippen LogP contribution in [0.5, 0.6) is 5.88 Å². The lowest BCUT2D eigenvalue weighted by molar-refractivity contribution is -0.370. The Morgan fingerprint density at radius 3 is 2.64 bits per heavy atom. The molecule has 0 unspecified atom stereocenters. The molecule has 0 amide bonds. The maximum atomic E-state index is 7.61. The van der Waals surface area contributed by atoms with Crippen LogP contribution < -0.4 is 14.6 Å². The largest absolute Gasteiger partial charge is 0.579 e. The van der Waals surface area contributed by atoms with Crippen LogP contribution in [0.3, 0.4) is 0 Å². The maximum absolute atomic E-state index is 7.61. The third-order valence-electron chi connectivity index (χ3n) is 3.52. The summed E-state index contributed by atoms with van der Waals surface area (Å²) in [6.07, 6.45) is 0. The molecule has 116 valence electrons. The second-order valence-corrected chi connectivity index (χ2v) is 6.14. The van der Waals surface area contributed by atoms with E-state index in [-0.39, 0.29) is 0 Å². The van der Waals surface area contributed by atoms with E-state index in [4.69, 9.17) is 5.11 Å². The first-order valence-electron chi connectivity index (χ1n) is 7.31. The van der Waals surface area contributed by atoms with E-state index in [1.54, 1.807) is 18.2 Å². The highest BCUT2D eigenvalue weighted by Gasteiger charge is 2.21. The Morgan fingerprint density at radius 1 is 1.14 bits per heavy atom. The molecule has 1 fully saturated rings. The standard InChI is InChI=1S/C15H19N5OS/c1-12-4-2-5-13(16-12)18-22-20-10-8-19(9-11-20)14-6-3-7-15(21)17-14/h2-7H,8-11H2,1H3,(H,16,18)(H,17,21)/p+2. The summed E-state index contributed by atoms with van der Waals surface area (Å²) in [6.45, 7) is 5.79. The topological polar surface area (TPSA) is 68.4 Å². The van der Waals surface area contributed by atoms with Gasteiger partial charge in [-0.15, -0.1) is 4.98 Å². The Balaban J connectivity index is 1.49. The molecule has 0 bridgehead atoms. The van der Waals surface area contributed by atoms with Crippen molar-refractivity contribution >= 4 is 23.8 Å². The predicted molar refractivity (Wildman–Crippen MR) is 90.0 cm³/mol. The maximum Gasteiger partial charge on any atom is 0.358 e. The summed E-state index contributed by atoms with van der Waals surface area (Å²) in [5, 5.41) is 7.61. The highest BCUT2D eigenvalue weighted by molar-refractivity contribution is 7.98. The normalized spacial score (nSPS) is 15.8. The number of hydrogen-bond donors (Lipinski definition) is 1. The number of nitrogens with one attached hydrogen (secondary N) is 2. The zero-order valence-electron chi connectivity index (χ0n) is 12.5. The number of nitrogens with zero attached hydrogens (tertiary/aromatic N) is 3. The molecule has 0 radical (unpaired) electrons. The van der Waals surface area contributed by atoms with Gasteiger partial charge in [0.15, 0.2) is 0 Å². The van der Waals surface area contributed by atoms with Crippen molar-refractivity contribution in [2.24, 2.45) is 0 Å². The minimum atomic E-state index is 0.325. The molecule has 2 aromatic heterocycles. The van der Waals surface area contributed by atoms with Crippen molar-refractivity contribution in [3.05, 3.63) is 42.1 Å². The van der Waals surface area contributed by atoms with Gasteiger partial charge in [-0.2, -0.15) is 4.72 Å². The molecule has 0 atom stereocenters. The first-order valence-corrected chi connectivity index (χ1v) is 8.08. The molecule has 0 aliphatic carbocycles. The third kappa shape index (κ3) is 3.80. The van der Waals surface area contributed by atoms with Crippen LogP contribution in [0, 0.1) is 6.92 Å². The molecule has 4 N–H and O–H groups in total. The molecule has 2 aromatic rings. The number of hydrogen-bond acceptors (Lipinski definition) is 5. The SMILES string of the molecule is Cc1cccc(NSN2CCN(c3cccc([OH2+])n3)CC2)[nH+]1. The summed E-state index contributed by atoms with van der Waals surface area (Å²) < 4.78 is 5.64. The summed E-state index contributed by atoms with van der Waals surface area (Å²) in [5.41, 5.74) is 1.14. The van der Waals surface area contributed by atoms with Crippen LogP contribution in [0.4, 0.5) is 11.6 Å². The molecule has 1 aliphatic heterocycles. The van der Waals surface area contributed by atoms with Crippen LogP contribution in [-0.2, 0) is 0 Å². The van der Waals surface area contributed by atoms with Gasteiger partial charge in [-0.05, 0) is 25.1 Å². The Kier molecular flexibility index (Phi) is 4.65. The summed E-state index contributed by atoms with van der Waals surface area (Å²) in [6, 6.07) is 11.7. The lowest BCUT2D eigenvalue weighted by Gasteiger charge is -2.32. The third-order valence-corrected chi connectivity index (χ3v) is 4.46. The molecular formula is C15H21N5OS+2. The van der Waals surface area contributed by atoms with Crippen LogP contribution >= 0.6 is 12.1 Å². The minimum absolute atomic E-state index is 0.325. The smallest absolute Gasteiger partial charge is 0.358 e. The van der Waals surface area contributed by atoms with E-state index in [1.165, 1.54) is 0 Å². The fraction of sp³-hybridized carbons (Fsp3) is 0.333. The van der Waals surface area contributed by atoms with E-state index in [0.29, 0.717) is 5.88 Å². The average molecular weight is 319 g/mol. The zero-order chi connectivity index (χ0) is 15.4. The van der Waals surface area contributed by atoms with Gasteiger partial charge in [0.25, 0.3) is 5.82 Å². The van der Waals surface area contributed by atoms with Gasteiger partial charge in [-0.1, -0.05) is 6.07 Å². The van der Waals surface area contributed by atoms with Gasteiger partial charge in [0, 0.05) is 32.2 Å². The minimum Gasteiger partial charge on any atom is -0.579 e. The average Bonchev–Trinajstić information content (AvgIpc) is 2.54. The summed E-state index contributed by atoms with van der Waals surface area (Å²) in [4.78, 5) is 9.79. The molecule has 3 heterocycles. The van der Waals surface area contributed by atoms with Crippen molar-refractivity contribution in [1.29, 1.82) is 0 Å². The van der Waals surface area contributed by atoms with E-state index in [2.05, 4.69) is 23.9 Å². The fourth-order valence-corrected chi connectivity index (χ4v) is 3.06. The molecule has 0 saturated carbocycles. The van der Waals surface area contributed by atoms with Gasteiger partial charge in [0.2, 0.25) is 0 Å². The molecular weight excluding hydrogens is 298 g/mol. The molecule has 1 saturated heterocycles.